The molecular weight excluding hydrogens is 475 g/mol. The number of hydrogen-bond donors (Lipinski definition) is 0. The number of aromatic nitrogens is 3. The molecule has 0 spiro atoms. The third-order valence-electron chi connectivity index (χ3n) is 7.23. The van der Waals surface area contributed by atoms with Crippen LogP contribution in [0.5, 0.6) is 0 Å². The van der Waals surface area contributed by atoms with E-state index in [-0.39, 0.29) is 29.5 Å². The maximum Gasteiger partial charge on any atom is 0.360 e. The first-order valence-corrected chi connectivity index (χ1v) is 12.5. The number of aryl methyl sites for hydroxylation is 1. The van der Waals surface area contributed by atoms with Gasteiger partial charge in [-0.05, 0) is 43.2 Å². The number of carbonyl (C=O) groups is 2. The lowest BCUT2D eigenvalue weighted by Gasteiger charge is -2.38. The lowest BCUT2D eigenvalue weighted by Crippen LogP contribution is -2.53. The average molecular weight is 507 g/mol. The summed E-state index contributed by atoms with van der Waals surface area (Å²) in [6, 6.07) is 14.4. The predicted molar refractivity (Wildman–Crippen MR) is 136 cm³/mol. The summed E-state index contributed by atoms with van der Waals surface area (Å²) in [5.74, 6) is -0.692. The number of hydrogen-bond acceptors (Lipinski definition) is 7. The highest BCUT2D eigenvalue weighted by Crippen LogP contribution is 2.30. The van der Waals surface area contributed by atoms with Crippen LogP contribution in [0.15, 0.2) is 54.7 Å². The smallest absolute Gasteiger partial charge is 0.360 e. The molecule has 37 heavy (non-hydrogen) atoms. The number of piperazine rings is 1. The van der Waals surface area contributed by atoms with E-state index < -0.39 is 5.97 Å². The fraction of sp³-hybridized carbons (Fsp3) is 0.407. The molecule has 2 saturated heterocycles. The molecule has 1 aromatic heterocycles. The first-order valence-electron chi connectivity index (χ1n) is 12.5. The zero-order valence-electron chi connectivity index (χ0n) is 21.1. The molecule has 0 radical (unpaired) electrons. The Hall–Kier alpha value is -3.79. The molecule has 1 amide bonds. The summed E-state index contributed by atoms with van der Waals surface area (Å²) >= 11 is 0. The van der Waals surface area contributed by atoms with E-state index in [0.717, 1.165) is 11.3 Å². The van der Waals surface area contributed by atoms with Gasteiger partial charge in [-0.25, -0.2) is 13.9 Å². The standard InChI is InChI=1S/C27H31FN6O3/c1-19-3-5-20(6-4-19)16-33-17-23(34-18-24(29-30-34)27(36)37-2)15-25(33)26(35)32-13-11-31(12-14-32)22-9-7-21(28)8-10-22/h3-10,18,23,25H,11-17H2,1-2H3/t23-,25-/m0/s1. The predicted octanol–water partition coefficient (Wildman–Crippen LogP) is 2.68. The van der Waals surface area contributed by atoms with E-state index in [2.05, 4.69) is 51.3 Å². The van der Waals surface area contributed by atoms with Crippen molar-refractivity contribution in [1.29, 1.82) is 0 Å². The van der Waals surface area contributed by atoms with Gasteiger partial charge in [-0.3, -0.25) is 9.69 Å². The maximum atomic E-state index is 13.8. The summed E-state index contributed by atoms with van der Waals surface area (Å²) in [4.78, 5) is 31.9. The zero-order chi connectivity index (χ0) is 25.9. The minimum Gasteiger partial charge on any atom is -0.464 e. The summed E-state index contributed by atoms with van der Waals surface area (Å²) in [6.45, 7) is 5.90. The van der Waals surface area contributed by atoms with Crippen LogP contribution in [0.3, 0.4) is 0 Å². The molecule has 0 unspecified atom stereocenters. The Kier molecular flexibility index (Phi) is 7.18. The van der Waals surface area contributed by atoms with Gasteiger partial charge in [0.2, 0.25) is 5.91 Å². The maximum absolute atomic E-state index is 13.8. The zero-order valence-corrected chi connectivity index (χ0v) is 21.1. The van der Waals surface area contributed by atoms with Gasteiger partial charge >= 0.3 is 5.97 Å². The van der Waals surface area contributed by atoms with E-state index in [1.165, 1.54) is 24.8 Å². The number of likely N-dealkylation sites (tertiary alicyclic amines) is 1. The van der Waals surface area contributed by atoms with Crippen LogP contribution < -0.4 is 4.90 Å². The van der Waals surface area contributed by atoms with E-state index in [4.69, 9.17) is 4.74 Å². The molecule has 10 heteroatoms. The molecule has 2 aliphatic heterocycles. The Morgan fingerprint density at radius 2 is 1.73 bits per heavy atom. The van der Waals surface area contributed by atoms with Crippen LogP contribution in [0.4, 0.5) is 10.1 Å². The van der Waals surface area contributed by atoms with Crippen LogP contribution in [0.2, 0.25) is 0 Å². The minimum atomic E-state index is -0.535. The van der Waals surface area contributed by atoms with Crippen molar-refractivity contribution in [3.8, 4) is 0 Å². The number of ether oxygens (including phenoxy) is 1. The summed E-state index contributed by atoms with van der Waals surface area (Å²) in [6.07, 6.45) is 2.17. The third-order valence-corrected chi connectivity index (χ3v) is 7.23. The minimum absolute atomic E-state index is 0.0918. The van der Waals surface area contributed by atoms with Crippen molar-refractivity contribution in [1.82, 2.24) is 24.8 Å². The molecular formula is C27H31FN6O3. The Bertz CT molecular complexity index is 1240. The molecule has 194 valence electrons. The number of rotatable bonds is 6. The van der Waals surface area contributed by atoms with Crippen LogP contribution in [0.1, 0.15) is 34.1 Å². The average Bonchev–Trinajstić information content (AvgIpc) is 3.57. The van der Waals surface area contributed by atoms with Crippen molar-refractivity contribution >= 4 is 17.6 Å². The van der Waals surface area contributed by atoms with E-state index in [1.54, 1.807) is 23.0 Å². The topological polar surface area (TPSA) is 83.8 Å². The normalized spacial score (nSPS) is 20.3. The van der Waals surface area contributed by atoms with Crippen LogP contribution in [-0.4, -0.2) is 82.5 Å². The fourth-order valence-corrected chi connectivity index (χ4v) is 5.13. The SMILES string of the molecule is COC(=O)c1cn([C@H]2C[C@@H](C(=O)N3CCN(c4ccc(F)cc4)CC3)N(Cc3ccc(C)cc3)C2)nn1. The van der Waals surface area contributed by atoms with E-state index in [1.807, 2.05) is 4.90 Å². The molecule has 2 atom stereocenters. The summed E-state index contributed by atoms with van der Waals surface area (Å²) < 4.78 is 19.7. The molecule has 2 aliphatic rings. The number of carbonyl (C=O) groups excluding carboxylic acids is 2. The Balaban J connectivity index is 1.30. The van der Waals surface area contributed by atoms with Crippen LogP contribution in [-0.2, 0) is 16.1 Å². The van der Waals surface area contributed by atoms with Crippen LogP contribution in [0.25, 0.3) is 0 Å². The Labute approximate surface area is 215 Å². The number of methoxy groups -OCH3 is 1. The van der Waals surface area contributed by atoms with Gasteiger partial charge in [0, 0.05) is 45.0 Å². The molecule has 5 rings (SSSR count). The largest absolute Gasteiger partial charge is 0.464 e. The lowest BCUT2D eigenvalue weighted by molar-refractivity contribution is -0.136. The molecule has 9 nitrogen and oxygen atoms in total. The first kappa shape index (κ1) is 24.9. The molecule has 2 fully saturated rings. The Morgan fingerprint density at radius 1 is 1.03 bits per heavy atom. The van der Waals surface area contributed by atoms with Gasteiger partial charge in [0.25, 0.3) is 0 Å². The quantitative estimate of drug-likeness (QED) is 0.476. The second-order valence-electron chi connectivity index (χ2n) is 9.68. The first-order chi connectivity index (χ1) is 17.9. The van der Waals surface area contributed by atoms with Gasteiger partial charge in [0.05, 0.1) is 25.4 Å². The van der Waals surface area contributed by atoms with Gasteiger partial charge < -0.3 is 14.5 Å². The molecule has 0 bridgehead atoms. The molecule has 0 N–H and O–H groups in total. The molecule has 2 aromatic carbocycles. The highest BCUT2D eigenvalue weighted by Gasteiger charge is 2.40. The van der Waals surface area contributed by atoms with Gasteiger partial charge in [-0.2, -0.15) is 0 Å². The number of amides is 1. The molecule has 0 saturated carbocycles. The molecule has 3 aromatic rings. The van der Waals surface area contributed by atoms with E-state index in [0.29, 0.717) is 45.7 Å². The van der Waals surface area contributed by atoms with Gasteiger partial charge in [0.1, 0.15) is 5.82 Å². The number of esters is 1. The number of halogens is 1. The monoisotopic (exact) mass is 506 g/mol. The van der Waals surface area contributed by atoms with Crippen molar-refractivity contribution in [2.45, 2.75) is 32.0 Å². The second kappa shape index (κ2) is 10.7. The highest BCUT2D eigenvalue weighted by molar-refractivity contribution is 5.86. The number of anilines is 1. The number of benzene rings is 2. The summed E-state index contributed by atoms with van der Waals surface area (Å²) in [5.41, 5.74) is 3.44. The molecule has 0 aliphatic carbocycles. The van der Waals surface area contributed by atoms with Gasteiger partial charge in [-0.15, -0.1) is 5.10 Å². The van der Waals surface area contributed by atoms with Gasteiger partial charge in [-0.1, -0.05) is 35.0 Å². The third kappa shape index (κ3) is 5.48. The fourth-order valence-electron chi connectivity index (χ4n) is 5.13. The molecule has 3 heterocycles. The van der Waals surface area contributed by atoms with Crippen molar-refractivity contribution in [3.05, 3.63) is 77.4 Å². The number of nitrogens with zero attached hydrogens (tertiary/aromatic N) is 6. The summed E-state index contributed by atoms with van der Waals surface area (Å²) in [5, 5.41) is 8.11. The van der Waals surface area contributed by atoms with Crippen LogP contribution >= 0.6 is 0 Å². The van der Waals surface area contributed by atoms with Gasteiger partial charge in [0.15, 0.2) is 5.69 Å². The summed E-state index contributed by atoms with van der Waals surface area (Å²) in [7, 11) is 1.31. The van der Waals surface area contributed by atoms with Crippen molar-refractivity contribution in [3.63, 3.8) is 0 Å². The highest BCUT2D eigenvalue weighted by atomic mass is 19.1. The second-order valence-corrected chi connectivity index (χ2v) is 9.68. The Morgan fingerprint density at radius 3 is 2.41 bits per heavy atom. The van der Waals surface area contributed by atoms with Crippen molar-refractivity contribution in [2.24, 2.45) is 0 Å². The lowest BCUT2D eigenvalue weighted by atomic mass is 10.1. The van der Waals surface area contributed by atoms with Crippen molar-refractivity contribution < 1.29 is 18.7 Å². The van der Waals surface area contributed by atoms with Crippen LogP contribution in [0, 0.1) is 12.7 Å². The van der Waals surface area contributed by atoms with Crippen molar-refractivity contribution in [2.75, 3.05) is 44.7 Å². The van der Waals surface area contributed by atoms with E-state index >= 15 is 0 Å². The van der Waals surface area contributed by atoms with E-state index in [9.17, 15) is 14.0 Å².